The molecule has 24 heavy (non-hydrogen) atoms. The highest BCUT2D eigenvalue weighted by molar-refractivity contribution is 5.30. The Kier molecular flexibility index (Phi) is 5.53. The van der Waals surface area contributed by atoms with Crippen LogP contribution in [0, 0.1) is 6.92 Å². The number of likely N-dealkylation sites (tertiary alicyclic amines) is 1. The molecule has 0 aliphatic carbocycles. The molecule has 0 bridgehead atoms. The number of hydrogen-bond donors (Lipinski definition) is 1. The topological polar surface area (TPSA) is 42.3 Å². The van der Waals surface area contributed by atoms with Gasteiger partial charge in [-0.2, -0.15) is 5.10 Å². The summed E-state index contributed by atoms with van der Waals surface area (Å²) >= 11 is 0. The van der Waals surface area contributed by atoms with Gasteiger partial charge in [-0.15, -0.1) is 0 Å². The van der Waals surface area contributed by atoms with Gasteiger partial charge in [-0.05, 0) is 31.9 Å². The average molecular weight is 328 g/mol. The van der Waals surface area contributed by atoms with Crippen LogP contribution >= 0.6 is 0 Å². The normalized spacial score (nSPS) is 18.7. The largest absolute Gasteiger partial charge is 0.481 e. The van der Waals surface area contributed by atoms with Crippen LogP contribution in [0.4, 0.5) is 0 Å². The quantitative estimate of drug-likeness (QED) is 0.885. The van der Waals surface area contributed by atoms with Gasteiger partial charge < -0.3 is 10.1 Å². The number of nitrogens with one attached hydrogen (secondary N) is 1. The van der Waals surface area contributed by atoms with E-state index in [2.05, 4.69) is 45.6 Å². The Morgan fingerprint density at radius 1 is 1.29 bits per heavy atom. The molecular formula is C19H28N4O. The van der Waals surface area contributed by atoms with Crippen LogP contribution in [0.25, 0.3) is 0 Å². The lowest BCUT2D eigenvalue weighted by molar-refractivity contribution is 0.182. The number of ether oxygens (including phenoxy) is 1. The van der Waals surface area contributed by atoms with Crippen molar-refractivity contribution in [1.29, 1.82) is 0 Å². The van der Waals surface area contributed by atoms with Crippen molar-refractivity contribution in [3.63, 3.8) is 0 Å². The summed E-state index contributed by atoms with van der Waals surface area (Å²) in [6.45, 7) is 6.17. The summed E-state index contributed by atoms with van der Waals surface area (Å²) in [6.07, 6.45) is 2.47. The summed E-state index contributed by atoms with van der Waals surface area (Å²) in [4.78, 5) is 2.55. The van der Waals surface area contributed by atoms with Crippen LogP contribution in [-0.2, 0) is 20.1 Å². The van der Waals surface area contributed by atoms with Gasteiger partial charge in [-0.3, -0.25) is 4.90 Å². The minimum atomic E-state index is 0.520. The van der Waals surface area contributed by atoms with E-state index in [-0.39, 0.29) is 0 Å². The number of aromatic nitrogens is 2. The van der Waals surface area contributed by atoms with Crippen LogP contribution in [0.1, 0.15) is 29.7 Å². The smallest absolute Gasteiger partial charge is 0.216 e. The molecule has 1 aliphatic heterocycles. The Labute approximate surface area is 144 Å². The Balaban J connectivity index is 1.56. The van der Waals surface area contributed by atoms with Crippen LogP contribution < -0.4 is 10.1 Å². The molecule has 1 aromatic heterocycles. The lowest BCUT2D eigenvalue weighted by Gasteiger charge is -2.33. The minimum absolute atomic E-state index is 0.520. The number of aryl methyl sites for hydroxylation is 2. The van der Waals surface area contributed by atoms with Crippen molar-refractivity contribution in [2.45, 2.75) is 38.9 Å². The minimum Gasteiger partial charge on any atom is -0.481 e. The van der Waals surface area contributed by atoms with Gasteiger partial charge in [0.2, 0.25) is 5.88 Å². The molecule has 1 saturated heterocycles. The van der Waals surface area contributed by atoms with E-state index < -0.39 is 0 Å². The predicted molar refractivity (Wildman–Crippen MR) is 96.1 cm³/mol. The Bertz CT molecular complexity index is 653. The fourth-order valence-electron chi connectivity index (χ4n) is 3.59. The summed E-state index contributed by atoms with van der Waals surface area (Å²) in [5, 5.41) is 8.17. The van der Waals surface area contributed by atoms with E-state index in [9.17, 15) is 0 Å². The number of rotatable bonds is 6. The van der Waals surface area contributed by atoms with Crippen molar-refractivity contribution in [2.24, 2.45) is 7.05 Å². The first kappa shape index (κ1) is 17.0. The molecule has 1 aliphatic rings. The summed E-state index contributed by atoms with van der Waals surface area (Å²) in [7, 11) is 3.64. The number of benzene rings is 1. The highest BCUT2D eigenvalue weighted by atomic mass is 16.5. The monoisotopic (exact) mass is 328 g/mol. The average Bonchev–Trinajstić information content (AvgIpc) is 2.87. The fourth-order valence-corrected chi connectivity index (χ4v) is 3.59. The highest BCUT2D eigenvalue weighted by Crippen LogP contribution is 2.21. The van der Waals surface area contributed by atoms with Crippen LogP contribution in [-0.4, -0.2) is 40.9 Å². The molecular weight excluding hydrogens is 300 g/mol. The van der Waals surface area contributed by atoms with Crippen LogP contribution in [0.3, 0.4) is 0 Å². The van der Waals surface area contributed by atoms with Gasteiger partial charge in [0.15, 0.2) is 0 Å². The maximum atomic E-state index is 5.49. The molecule has 2 heterocycles. The Morgan fingerprint density at radius 3 is 2.83 bits per heavy atom. The molecule has 5 nitrogen and oxygen atoms in total. The number of hydrogen-bond acceptors (Lipinski definition) is 4. The van der Waals surface area contributed by atoms with Crippen LogP contribution in [0.5, 0.6) is 5.88 Å². The third kappa shape index (κ3) is 3.97. The van der Waals surface area contributed by atoms with E-state index in [1.807, 2.05) is 18.7 Å². The predicted octanol–water partition coefficient (Wildman–Crippen LogP) is 2.49. The Morgan fingerprint density at radius 2 is 2.08 bits per heavy atom. The lowest BCUT2D eigenvalue weighted by Crippen LogP contribution is -2.45. The molecule has 0 unspecified atom stereocenters. The van der Waals surface area contributed by atoms with Gasteiger partial charge in [0.05, 0.1) is 18.4 Å². The number of methoxy groups -OCH3 is 1. The first-order valence-corrected chi connectivity index (χ1v) is 8.73. The molecule has 1 aromatic carbocycles. The summed E-state index contributed by atoms with van der Waals surface area (Å²) in [6, 6.07) is 11.3. The van der Waals surface area contributed by atoms with E-state index in [1.54, 1.807) is 7.11 Å². The summed E-state index contributed by atoms with van der Waals surface area (Å²) in [5.41, 5.74) is 3.60. The molecule has 3 rings (SSSR count). The van der Waals surface area contributed by atoms with Gasteiger partial charge in [-0.1, -0.05) is 30.3 Å². The van der Waals surface area contributed by atoms with E-state index >= 15 is 0 Å². The highest BCUT2D eigenvalue weighted by Gasteiger charge is 2.21. The second-order valence-electron chi connectivity index (χ2n) is 6.64. The third-order valence-electron chi connectivity index (χ3n) is 4.80. The van der Waals surface area contributed by atoms with E-state index in [0.29, 0.717) is 6.04 Å². The zero-order valence-corrected chi connectivity index (χ0v) is 15.0. The van der Waals surface area contributed by atoms with E-state index in [4.69, 9.17) is 4.74 Å². The van der Waals surface area contributed by atoms with Crippen molar-refractivity contribution in [2.75, 3.05) is 20.2 Å². The zero-order chi connectivity index (χ0) is 16.9. The second kappa shape index (κ2) is 7.81. The third-order valence-corrected chi connectivity index (χ3v) is 4.80. The van der Waals surface area contributed by atoms with Gasteiger partial charge in [-0.25, -0.2) is 4.68 Å². The second-order valence-corrected chi connectivity index (χ2v) is 6.64. The molecule has 2 aromatic rings. The SMILES string of the molecule is COc1c(CN[C@H]2CCCN(Cc3ccccc3)C2)c(C)nn1C. The van der Waals surface area contributed by atoms with Crippen molar-refractivity contribution in [1.82, 2.24) is 20.0 Å². The fraction of sp³-hybridized carbons (Fsp3) is 0.526. The molecule has 5 heteroatoms. The molecule has 0 spiro atoms. The van der Waals surface area contributed by atoms with Gasteiger partial charge >= 0.3 is 0 Å². The summed E-state index contributed by atoms with van der Waals surface area (Å²) in [5.74, 6) is 0.858. The van der Waals surface area contributed by atoms with Crippen molar-refractivity contribution in [3.8, 4) is 5.88 Å². The first-order valence-electron chi connectivity index (χ1n) is 8.73. The maximum absolute atomic E-state index is 5.49. The van der Waals surface area contributed by atoms with E-state index in [1.165, 1.54) is 30.5 Å². The van der Waals surface area contributed by atoms with Crippen molar-refractivity contribution in [3.05, 3.63) is 47.2 Å². The first-order chi connectivity index (χ1) is 11.7. The molecule has 130 valence electrons. The van der Waals surface area contributed by atoms with Crippen LogP contribution in [0.2, 0.25) is 0 Å². The van der Waals surface area contributed by atoms with Crippen molar-refractivity contribution < 1.29 is 4.74 Å². The number of nitrogens with zero attached hydrogens (tertiary/aromatic N) is 3. The zero-order valence-electron chi connectivity index (χ0n) is 15.0. The van der Waals surface area contributed by atoms with Gasteiger partial charge in [0, 0.05) is 32.7 Å². The molecule has 1 atom stereocenters. The molecule has 0 radical (unpaired) electrons. The van der Waals surface area contributed by atoms with Gasteiger partial charge in [0.25, 0.3) is 0 Å². The molecule has 1 N–H and O–H groups in total. The Hall–Kier alpha value is -1.85. The molecule has 0 saturated carbocycles. The maximum Gasteiger partial charge on any atom is 0.216 e. The standard InChI is InChI=1S/C19H28N4O/c1-15-18(19(24-3)22(2)21-15)12-20-17-10-7-11-23(14-17)13-16-8-5-4-6-9-16/h4-6,8-9,17,20H,7,10-14H2,1-3H3/t17-/m0/s1. The summed E-state index contributed by atoms with van der Waals surface area (Å²) < 4.78 is 7.30. The molecule has 1 fully saturated rings. The lowest BCUT2D eigenvalue weighted by atomic mass is 10.0. The van der Waals surface area contributed by atoms with E-state index in [0.717, 1.165) is 31.2 Å². The molecule has 0 amide bonds. The number of piperidine rings is 1. The van der Waals surface area contributed by atoms with Crippen molar-refractivity contribution >= 4 is 0 Å². The van der Waals surface area contributed by atoms with Crippen LogP contribution in [0.15, 0.2) is 30.3 Å². The van der Waals surface area contributed by atoms with Gasteiger partial charge in [0.1, 0.15) is 0 Å².